The zero-order chi connectivity index (χ0) is 21.3. The third-order valence-corrected chi connectivity index (χ3v) is 6.27. The SMILES string of the molecule is Cc1ccc(C(O)CCC2C(=S)N(c3ccc(F)cc3)C2c2ccc(O)cc2)cc1. The standard InChI is InChI=1S/C25H24FNO2S/c1-16-2-4-17(5-3-16)23(29)15-14-22-24(18-6-12-21(28)13-7-18)27(25(22)30)20-10-8-19(26)9-11-20/h2-13,22-24,28-29H,14-15H2,1H3. The van der Waals surface area contributed by atoms with Crippen molar-refractivity contribution >= 4 is 22.9 Å². The molecule has 1 saturated heterocycles. The second-order valence-corrected chi connectivity index (χ2v) is 8.25. The van der Waals surface area contributed by atoms with E-state index >= 15 is 0 Å². The Morgan fingerprint density at radius 2 is 1.60 bits per heavy atom. The molecule has 30 heavy (non-hydrogen) atoms. The fourth-order valence-electron chi connectivity index (χ4n) is 4.07. The van der Waals surface area contributed by atoms with Gasteiger partial charge in [0, 0.05) is 11.6 Å². The monoisotopic (exact) mass is 421 g/mol. The Kier molecular flexibility index (Phi) is 5.84. The molecule has 0 radical (unpaired) electrons. The summed E-state index contributed by atoms with van der Waals surface area (Å²) in [6, 6.07) is 21.3. The third-order valence-electron chi connectivity index (χ3n) is 5.77. The Hall–Kier alpha value is -2.76. The Bertz CT molecular complexity index is 1020. The molecular formula is C25H24FNO2S. The van der Waals surface area contributed by atoms with E-state index in [9.17, 15) is 14.6 Å². The first-order valence-corrected chi connectivity index (χ1v) is 10.5. The lowest BCUT2D eigenvalue weighted by Gasteiger charge is -2.50. The molecule has 0 amide bonds. The zero-order valence-electron chi connectivity index (χ0n) is 16.7. The van der Waals surface area contributed by atoms with Crippen LogP contribution in [0, 0.1) is 18.7 Å². The van der Waals surface area contributed by atoms with Crippen LogP contribution in [0.25, 0.3) is 0 Å². The summed E-state index contributed by atoms with van der Waals surface area (Å²) in [6.07, 6.45) is 0.783. The highest BCUT2D eigenvalue weighted by Crippen LogP contribution is 2.47. The van der Waals surface area contributed by atoms with Crippen molar-refractivity contribution < 1.29 is 14.6 Å². The molecule has 2 N–H and O–H groups in total. The molecule has 0 aromatic heterocycles. The maximum atomic E-state index is 13.4. The lowest BCUT2D eigenvalue weighted by molar-refractivity contribution is 0.157. The van der Waals surface area contributed by atoms with Gasteiger partial charge in [0.2, 0.25) is 0 Å². The molecule has 3 aromatic carbocycles. The number of phenolic OH excluding ortho intramolecular Hbond substituents is 1. The van der Waals surface area contributed by atoms with Gasteiger partial charge in [-0.1, -0.05) is 54.2 Å². The van der Waals surface area contributed by atoms with E-state index in [4.69, 9.17) is 12.2 Å². The highest BCUT2D eigenvalue weighted by molar-refractivity contribution is 7.80. The Balaban J connectivity index is 1.55. The summed E-state index contributed by atoms with van der Waals surface area (Å²) in [5.41, 5.74) is 3.94. The smallest absolute Gasteiger partial charge is 0.123 e. The van der Waals surface area contributed by atoms with E-state index in [1.54, 1.807) is 24.3 Å². The van der Waals surface area contributed by atoms with Crippen LogP contribution < -0.4 is 4.90 Å². The van der Waals surface area contributed by atoms with E-state index in [1.165, 1.54) is 12.1 Å². The number of halogens is 1. The molecule has 0 bridgehead atoms. The average molecular weight is 422 g/mol. The molecule has 1 fully saturated rings. The fourth-order valence-corrected chi connectivity index (χ4v) is 4.53. The largest absolute Gasteiger partial charge is 0.508 e. The van der Waals surface area contributed by atoms with E-state index in [1.807, 2.05) is 48.2 Å². The molecule has 3 atom stereocenters. The van der Waals surface area contributed by atoms with Crippen molar-refractivity contribution in [3.8, 4) is 5.75 Å². The number of anilines is 1. The minimum atomic E-state index is -0.547. The maximum absolute atomic E-state index is 13.4. The Labute approximate surface area is 181 Å². The molecule has 1 aliphatic heterocycles. The number of aliphatic hydroxyl groups is 1. The van der Waals surface area contributed by atoms with Gasteiger partial charge in [-0.25, -0.2) is 4.39 Å². The molecule has 1 aliphatic rings. The van der Waals surface area contributed by atoms with Gasteiger partial charge in [0.25, 0.3) is 0 Å². The van der Waals surface area contributed by atoms with Crippen molar-refractivity contribution in [3.63, 3.8) is 0 Å². The highest BCUT2D eigenvalue weighted by Gasteiger charge is 2.45. The quantitative estimate of drug-likeness (QED) is 0.490. The lowest BCUT2D eigenvalue weighted by atomic mass is 9.79. The van der Waals surface area contributed by atoms with Crippen molar-refractivity contribution in [2.75, 3.05) is 4.90 Å². The highest BCUT2D eigenvalue weighted by atomic mass is 32.1. The molecule has 0 saturated carbocycles. The maximum Gasteiger partial charge on any atom is 0.123 e. The summed E-state index contributed by atoms with van der Waals surface area (Å²) in [7, 11) is 0. The van der Waals surface area contributed by atoms with Crippen LogP contribution in [0.3, 0.4) is 0 Å². The number of rotatable bonds is 6. The van der Waals surface area contributed by atoms with Crippen LogP contribution in [0.2, 0.25) is 0 Å². The van der Waals surface area contributed by atoms with Crippen LogP contribution in [0.15, 0.2) is 72.8 Å². The van der Waals surface area contributed by atoms with Crippen LogP contribution >= 0.6 is 12.2 Å². The molecule has 3 aromatic rings. The van der Waals surface area contributed by atoms with E-state index < -0.39 is 6.10 Å². The molecule has 4 rings (SSSR count). The normalized spacial score (nSPS) is 19.4. The van der Waals surface area contributed by atoms with Crippen molar-refractivity contribution in [3.05, 3.63) is 95.3 Å². The van der Waals surface area contributed by atoms with Gasteiger partial charge in [0.05, 0.1) is 17.1 Å². The third kappa shape index (κ3) is 4.09. The van der Waals surface area contributed by atoms with Gasteiger partial charge in [0.1, 0.15) is 11.6 Å². The predicted octanol–water partition coefficient (Wildman–Crippen LogP) is 5.86. The summed E-state index contributed by atoms with van der Waals surface area (Å²) in [5.74, 6) is -0.000773. The first-order valence-electron chi connectivity index (χ1n) is 10.1. The molecule has 5 heteroatoms. The van der Waals surface area contributed by atoms with Crippen molar-refractivity contribution in [2.24, 2.45) is 5.92 Å². The topological polar surface area (TPSA) is 43.7 Å². The predicted molar refractivity (Wildman–Crippen MR) is 121 cm³/mol. The number of hydrogen-bond acceptors (Lipinski definition) is 3. The molecule has 0 aliphatic carbocycles. The zero-order valence-corrected chi connectivity index (χ0v) is 17.5. The van der Waals surface area contributed by atoms with Crippen LogP contribution in [-0.2, 0) is 0 Å². The summed E-state index contributed by atoms with van der Waals surface area (Å²) in [4.78, 5) is 2.82. The van der Waals surface area contributed by atoms with Crippen LogP contribution in [0.5, 0.6) is 5.75 Å². The van der Waals surface area contributed by atoms with Crippen LogP contribution in [0.4, 0.5) is 10.1 Å². The first kappa shape index (κ1) is 20.5. The summed E-state index contributed by atoms with van der Waals surface area (Å²) in [5, 5.41) is 20.3. The number of benzene rings is 3. The Morgan fingerprint density at radius 1 is 0.967 bits per heavy atom. The van der Waals surface area contributed by atoms with Gasteiger partial charge < -0.3 is 15.1 Å². The molecule has 0 spiro atoms. The van der Waals surface area contributed by atoms with Crippen molar-refractivity contribution in [1.29, 1.82) is 0 Å². The lowest BCUT2D eigenvalue weighted by Crippen LogP contribution is -2.54. The number of phenols is 1. The van der Waals surface area contributed by atoms with Gasteiger partial charge in [0.15, 0.2) is 0 Å². The second kappa shape index (κ2) is 8.54. The van der Waals surface area contributed by atoms with Crippen LogP contribution in [0.1, 0.15) is 41.7 Å². The molecule has 154 valence electrons. The number of thiocarbonyl (C=S) groups is 1. The minimum absolute atomic E-state index is 0.0196. The number of aliphatic hydroxyl groups excluding tert-OH is 1. The van der Waals surface area contributed by atoms with Gasteiger partial charge in [-0.05, 0) is 67.3 Å². The fraction of sp³-hybridized carbons (Fsp3) is 0.240. The number of nitrogens with zero attached hydrogens (tertiary/aromatic N) is 1. The second-order valence-electron chi connectivity index (χ2n) is 7.83. The number of hydrogen-bond donors (Lipinski definition) is 2. The summed E-state index contributed by atoms with van der Waals surface area (Å²) >= 11 is 5.73. The van der Waals surface area contributed by atoms with E-state index in [2.05, 4.69) is 0 Å². The van der Waals surface area contributed by atoms with Crippen molar-refractivity contribution in [1.82, 2.24) is 0 Å². The van der Waals surface area contributed by atoms with E-state index in [0.29, 0.717) is 6.42 Å². The van der Waals surface area contributed by atoms with Gasteiger partial charge in [-0.3, -0.25) is 0 Å². The Morgan fingerprint density at radius 3 is 2.23 bits per heavy atom. The van der Waals surface area contributed by atoms with Gasteiger partial charge >= 0.3 is 0 Å². The summed E-state index contributed by atoms with van der Waals surface area (Å²) in [6.45, 7) is 2.02. The summed E-state index contributed by atoms with van der Waals surface area (Å²) < 4.78 is 13.4. The molecule has 1 heterocycles. The van der Waals surface area contributed by atoms with Crippen molar-refractivity contribution in [2.45, 2.75) is 31.9 Å². The average Bonchev–Trinajstić information content (AvgIpc) is 2.74. The number of aryl methyl sites for hydroxylation is 1. The molecular weight excluding hydrogens is 397 g/mol. The van der Waals surface area contributed by atoms with E-state index in [-0.39, 0.29) is 23.5 Å². The molecule has 3 nitrogen and oxygen atoms in total. The molecule has 3 unspecified atom stereocenters. The van der Waals surface area contributed by atoms with Gasteiger partial charge in [-0.15, -0.1) is 0 Å². The number of aromatic hydroxyl groups is 1. The minimum Gasteiger partial charge on any atom is -0.508 e. The van der Waals surface area contributed by atoms with Gasteiger partial charge in [-0.2, -0.15) is 0 Å². The van der Waals surface area contributed by atoms with Crippen LogP contribution in [-0.4, -0.2) is 15.2 Å². The van der Waals surface area contributed by atoms with E-state index in [0.717, 1.165) is 33.8 Å². The first-order chi connectivity index (χ1) is 14.4.